The number of benzene rings is 2. The Bertz CT molecular complexity index is 1850. The Kier molecular flexibility index (Phi) is 8.76. The number of aryl methyl sites for hydroxylation is 1. The number of nitrogens with one attached hydrogen (secondary N) is 1. The van der Waals surface area contributed by atoms with E-state index in [1.54, 1.807) is 41.2 Å². The minimum Gasteiger partial charge on any atom is -0.370 e. The lowest BCUT2D eigenvalue weighted by molar-refractivity contribution is -0.138. The summed E-state index contributed by atoms with van der Waals surface area (Å²) in [4.78, 5) is 22.0. The van der Waals surface area contributed by atoms with E-state index in [0.717, 1.165) is 6.42 Å². The molecule has 2 aromatic carbocycles. The number of aromatic nitrogens is 4. The van der Waals surface area contributed by atoms with Crippen LogP contribution in [0.4, 0.5) is 24.8 Å². The van der Waals surface area contributed by atoms with Gasteiger partial charge in [0.25, 0.3) is 5.91 Å². The maximum absolute atomic E-state index is 14.5. The van der Waals surface area contributed by atoms with Crippen molar-refractivity contribution in [2.24, 2.45) is 18.9 Å². The second kappa shape index (κ2) is 12.8. The van der Waals surface area contributed by atoms with E-state index in [0.29, 0.717) is 64.4 Å². The van der Waals surface area contributed by atoms with E-state index in [1.165, 1.54) is 23.8 Å². The molecule has 4 aromatic rings. The molecule has 6 rings (SSSR count). The molecule has 3 heterocycles. The molecule has 2 aromatic heterocycles. The summed E-state index contributed by atoms with van der Waals surface area (Å²) < 4.78 is 45.1. The number of halogens is 3. The minimum atomic E-state index is -4.64. The van der Waals surface area contributed by atoms with Crippen LogP contribution in [0.3, 0.4) is 0 Å². The second-order valence-corrected chi connectivity index (χ2v) is 13.0. The third-order valence-electron chi connectivity index (χ3n) is 8.59. The molecule has 1 amide bonds. The molecule has 1 N–H and O–H groups in total. The van der Waals surface area contributed by atoms with Crippen molar-refractivity contribution in [3.8, 4) is 28.6 Å². The maximum atomic E-state index is 14.5. The van der Waals surface area contributed by atoms with Crippen molar-refractivity contribution in [1.29, 1.82) is 5.26 Å². The number of carbonyl (C=O) groups is 1. The number of fused-ring (bicyclic) bond motifs is 1. The van der Waals surface area contributed by atoms with E-state index in [1.807, 2.05) is 38.9 Å². The molecule has 2 aliphatic rings. The van der Waals surface area contributed by atoms with E-state index in [2.05, 4.69) is 21.6 Å². The fourth-order valence-corrected chi connectivity index (χ4v) is 6.28. The summed E-state index contributed by atoms with van der Waals surface area (Å²) in [6, 6.07) is 13.7. The number of anilines is 2. The number of nitrogens with zero attached hydrogens (tertiary/aromatic N) is 7. The molecule has 1 fully saturated rings. The largest absolute Gasteiger partial charge is 0.416 e. The van der Waals surface area contributed by atoms with Crippen LogP contribution in [0.5, 0.6) is 0 Å². The van der Waals surface area contributed by atoms with E-state index in [9.17, 15) is 23.2 Å². The molecule has 244 valence electrons. The van der Waals surface area contributed by atoms with Crippen LogP contribution < -0.4 is 10.2 Å². The number of nitriles is 1. The van der Waals surface area contributed by atoms with Gasteiger partial charge in [0, 0.05) is 37.8 Å². The lowest BCUT2D eigenvalue weighted by Gasteiger charge is -2.20. The Hall–Kier alpha value is -4.76. The van der Waals surface area contributed by atoms with Gasteiger partial charge in [0.2, 0.25) is 0 Å². The van der Waals surface area contributed by atoms with Crippen LogP contribution in [0.25, 0.3) is 22.5 Å². The molecule has 1 aliphatic carbocycles. The van der Waals surface area contributed by atoms with Crippen LogP contribution in [0, 0.1) is 23.2 Å². The Morgan fingerprint density at radius 1 is 1.11 bits per heavy atom. The van der Waals surface area contributed by atoms with Gasteiger partial charge in [-0.05, 0) is 90.0 Å². The van der Waals surface area contributed by atoms with Crippen molar-refractivity contribution in [3.05, 3.63) is 76.6 Å². The van der Waals surface area contributed by atoms with Gasteiger partial charge < -0.3 is 14.8 Å². The van der Waals surface area contributed by atoms with Crippen molar-refractivity contribution in [2.75, 3.05) is 30.4 Å². The molecule has 9 nitrogen and oxygen atoms in total. The van der Waals surface area contributed by atoms with Gasteiger partial charge in [-0.3, -0.25) is 9.69 Å². The van der Waals surface area contributed by atoms with E-state index >= 15 is 0 Å². The summed E-state index contributed by atoms with van der Waals surface area (Å²) in [6.07, 6.45) is 0.291. The second-order valence-electron chi connectivity index (χ2n) is 13.0. The van der Waals surface area contributed by atoms with Crippen LogP contribution in [0.1, 0.15) is 65.7 Å². The molecular weight excluding hydrogens is 605 g/mol. The van der Waals surface area contributed by atoms with Gasteiger partial charge in [0.1, 0.15) is 18.0 Å². The quantitative estimate of drug-likeness (QED) is 0.190. The third kappa shape index (κ3) is 7.00. The van der Waals surface area contributed by atoms with E-state index < -0.39 is 17.6 Å². The third-order valence-corrected chi connectivity index (χ3v) is 8.59. The molecule has 1 saturated carbocycles. The first-order valence-corrected chi connectivity index (χ1v) is 15.8. The molecule has 0 bridgehead atoms. The molecule has 0 spiro atoms. The summed E-state index contributed by atoms with van der Waals surface area (Å²) in [5, 5.41) is 21.4. The highest BCUT2D eigenvalue weighted by atomic mass is 19.4. The molecule has 47 heavy (non-hydrogen) atoms. The maximum Gasteiger partial charge on any atom is 0.416 e. The molecule has 0 saturated heterocycles. The average Bonchev–Trinajstić information content (AvgIpc) is 3.65. The number of hydrogen-bond acceptors (Lipinski definition) is 7. The SMILES string of the molecule is CC(C)CN(C)Cc1cc2c(c(C(F)(F)F)c1)CN(c1cc(-c3cc(C#N)ccc3-c3nncn3C)cc(NCCC3CC3)n1)C2=O. The van der Waals surface area contributed by atoms with Gasteiger partial charge in [-0.25, -0.2) is 4.98 Å². The van der Waals surface area contributed by atoms with Crippen LogP contribution in [0.15, 0.2) is 48.8 Å². The zero-order chi connectivity index (χ0) is 33.5. The summed E-state index contributed by atoms with van der Waals surface area (Å²) >= 11 is 0. The van der Waals surface area contributed by atoms with Crippen molar-refractivity contribution in [3.63, 3.8) is 0 Å². The van der Waals surface area contributed by atoms with E-state index in [-0.39, 0.29) is 30.0 Å². The Morgan fingerprint density at radius 2 is 1.89 bits per heavy atom. The molecule has 12 heteroatoms. The number of rotatable bonds is 11. The predicted molar refractivity (Wildman–Crippen MR) is 173 cm³/mol. The first-order valence-electron chi connectivity index (χ1n) is 15.8. The Labute approximate surface area is 272 Å². The highest BCUT2D eigenvalue weighted by Gasteiger charge is 2.41. The monoisotopic (exact) mass is 642 g/mol. The number of amides is 1. The van der Waals surface area contributed by atoms with Crippen LogP contribution in [-0.2, 0) is 26.3 Å². The van der Waals surface area contributed by atoms with Gasteiger partial charge in [-0.2, -0.15) is 18.4 Å². The fourth-order valence-electron chi connectivity index (χ4n) is 6.28. The van der Waals surface area contributed by atoms with E-state index in [4.69, 9.17) is 4.98 Å². The molecular formula is C35H37F3N8O. The van der Waals surface area contributed by atoms with Gasteiger partial charge in [-0.15, -0.1) is 10.2 Å². The van der Waals surface area contributed by atoms with Gasteiger partial charge in [0.05, 0.1) is 23.7 Å². The molecule has 0 radical (unpaired) electrons. The lowest BCUT2D eigenvalue weighted by atomic mass is 9.97. The van der Waals surface area contributed by atoms with Gasteiger partial charge in [-0.1, -0.05) is 26.7 Å². The van der Waals surface area contributed by atoms with Crippen molar-refractivity contribution in [1.82, 2.24) is 24.6 Å². The number of alkyl halides is 3. The smallest absolute Gasteiger partial charge is 0.370 e. The van der Waals surface area contributed by atoms with Crippen LogP contribution in [0.2, 0.25) is 0 Å². The topological polar surface area (TPSA) is 103 Å². The van der Waals surface area contributed by atoms with Crippen molar-refractivity contribution >= 4 is 17.5 Å². The first-order chi connectivity index (χ1) is 22.4. The van der Waals surface area contributed by atoms with Gasteiger partial charge in [0.15, 0.2) is 5.82 Å². The van der Waals surface area contributed by atoms with Crippen LogP contribution >= 0.6 is 0 Å². The highest BCUT2D eigenvalue weighted by Crippen LogP contribution is 2.41. The summed E-state index contributed by atoms with van der Waals surface area (Å²) in [5.41, 5.74) is 2.02. The highest BCUT2D eigenvalue weighted by molar-refractivity contribution is 6.10. The molecule has 0 atom stereocenters. The fraction of sp³-hybridized carbons (Fsp3) is 0.400. The van der Waals surface area contributed by atoms with Crippen molar-refractivity contribution < 1.29 is 18.0 Å². The summed E-state index contributed by atoms with van der Waals surface area (Å²) in [5.74, 6) is 1.74. The van der Waals surface area contributed by atoms with Crippen molar-refractivity contribution in [2.45, 2.75) is 52.4 Å². The number of hydrogen-bond donors (Lipinski definition) is 1. The Morgan fingerprint density at radius 3 is 2.55 bits per heavy atom. The Balaban J connectivity index is 1.43. The summed E-state index contributed by atoms with van der Waals surface area (Å²) in [6.45, 7) is 5.47. The standard InChI is InChI=1S/C35H37F3N8O/c1-21(2)17-44(3)18-24-12-28-29(30(13-24)35(36,37)38)19-46(34(28)47)32-15-25(14-31(42-32)40-10-9-22-5-6-22)27-11-23(16-39)7-8-26(27)33-43-41-20-45(33)4/h7-8,11-15,20-22H,5-6,9-10,17-19H2,1-4H3,(H,40,42). The normalized spacial score (nSPS) is 14.6. The van der Waals surface area contributed by atoms with Gasteiger partial charge >= 0.3 is 6.18 Å². The number of carbonyl (C=O) groups excluding carboxylic acids is 1. The van der Waals surface area contributed by atoms with Crippen LogP contribution in [-0.4, -0.2) is 50.7 Å². The zero-order valence-corrected chi connectivity index (χ0v) is 26.9. The first kappa shape index (κ1) is 32.2. The molecule has 0 unspecified atom stereocenters. The number of pyridine rings is 1. The zero-order valence-electron chi connectivity index (χ0n) is 26.9. The lowest BCUT2D eigenvalue weighted by Crippen LogP contribution is -2.25. The molecule has 1 aliphatic heterocycles. The predicted octanol–water partition coefficient (Wildman–Crippen LogP) is 6.89. The average molecular weight is 643 g/mol. The minimum absolute atomic E-state index is 0.0365. The summed E-state index contributed by atoms with van der Waals surface area (Å²) in [7, 11) is 3.67.